The van der Waals surface area contributed by atoms with Crippen molar-refractivity contribution in [2.75, 3.05) is 0 Å². The second kappa shape index (κ2) is 5.41. The molecule has 1 amide bonds. The fourth-order valence-corrected chi connectivity index (χ4v) is 2.15. The van der Waals surface area contributed by atoms with Crippen molar-refractivity contribution in [3.63, 3.8) is 0 Å². The molecule has 0 saturated heterocycles. The number of fused-ring (bicyclic) bond motifs is 1. The second-order valence-electron chi connectivity index (χ2n) is 4.23. The molecule has 0 unspecified atom stereocenters. The molecule has 110 valence electrons. The van der Waals surface area contributed by atoms with Gasteiger partial charge >= 0.3 is 6.09 Å². The minimum atomic E-state index is -1.40. The molecule has 0 atom stereocenters. The van der Waals surface area contributed by atoms with Crippen LogP contribution in [0.4, 0.5) is 4.79 Å². The molecule has 1 aromatic carbocycles. The minimum Gasteiger partial charge on any atom is -0.463 e. The van der Waals surface area contributed by atoms with E-state index in [-0.39, 0.29) is 11.5 Å². The van der Waals surface area contributed by atoms with E-state index < -0.39 is 6.09 Å². The zero-order valence-corrected chi connectivity index (χ0v) is 11.7. The first-order valence-electron chi connectivity index (χ1n) is 5.97. The third-order valence-electron chi connectivity index (χ3n) is 2.83. The first-order chi connectivity index (χ1) is 10.5. The molecule has 3 rings (SSSR count). The Bertz CT molecular complexity index is 906. The highest BCUT2D eigenvalue weighted by atomic mass is 35.5. The van der Waals surface area contributed by atoms with E-state index in [0.29, 0.717) is 27.4 Å². The van der Waals surface area contributed by atoms with Gasteiger partial charge in [0.1, 0.15) is 17.5 Å². The zero-order chi connectivity index (χ0) is 15.7. The molecule has 0 saturated carbocycles. The van der Waals surface area contributed by atoms with Crippen LogP contribution < -0.4 is 5.73 Å². The molecule has 8 nitrogen and oxygen atoms in total. The maximum Gasteiger partial charge on any atom is 0.433 e. The van der Waals surface area contributed by atoms with E-state index in [2.05, 4.69) is 19.9 Å². The van der Waals surface area contributed by atoms with E-state index in [1.807, 2.05) is 0 Å². The van der Waals surface area contributed by atoms with Crippen LogP contribution >= 0.6 is 11.6 Å². The molecular formula is C13H8ClN5O3. The van der Waals surface area contributed by atoms with E-state index >= 15 is 0 Å². The minimum absolute atomic E-state index is 0.198. The molecule has 0 fully saturated rings. The predicted octanol–water partition coefficient (Wildman–Crippen LogP) is 2.32. The summed E-state index contributed by atoms with van der Waals surface area (Å²) in [6.45, 7) is 0. The fourth-order valence-electron chi connectivity index (χ4n) is 1.89. The molecule has 0 bridgehead atoms. The monoisotopic (exact) mass is 317 g/mol. The Hall–Kier alpha value is -3.00. The van der Waals surface area contributed by atoms with Gasteiger partial charge in [-0.25, -0.2) is 19.7 Å². The molecule has 0 radical (unpaired) electrons. The number of amidine groups is 1. The number of benzene rings is 1. The second-order valence-corrected chi connectivity index (χ2v) is 4.63. The summed E-state index contributed by atoms with van der Waals surface area (Å²) in [4.78, 5) is 25.8. The van der Waals surface area contributed by atoms with E-state index in [9.17, 15) is 4.79 Å². The van der Waals surface area contributed by atoms with Crippen LogP contribution in [0.2, 0.25) is 5.02 Å². The summed E-state index contributed by atoms with van der Waals surface area (Å²) >= 11 is 6.12. The highest BCUT2D eigenvalue weighted by Crippen LogP contribution is 2.29. The maximum absolute atomic E-state index is 10.6. The van der Waals surface area contributed by atoms with E-state index in [1.54, 1.807) is 12.1 Å². The first-order valence-corrected chi connectivity index (χ1v) is 6.35. The number of rotatable bonds is 2. The largest absolute Gasteiger partial charge is 0.463 e. The topological polar surface area (TPSA) is 127 Å². The first kappa shape index (κ1) is 14.0. The number of carbonyl (C=O) groups is 1. The van der Waals surface area contributed by atoms with Crippen LogP contribution in [0.5, 0.6) is 0 Å². The third-order valence-corrected chi connectivity index (χ3v) is 3.11. The van der Waals surface area contributed by atoms with Crippen molar-refractivity contribution in [3.8, 4) is 11.3 Å². The standard InChI is InChI=1S/C13H8ClN5O3/c14-7-1-6(2-9-11(7)22-5-18-9)8-3-10(17-4-16-8)12(15)19-13(20)21/h1-5H,(H2,15,19)(H,20,21). The lowest BCUT2D eigenvalue weighted by molar-refractivity contribution is 0.205. The van der Waals surface area contributed by atoms with Gasteiger partial charge in [-0.1, -0.05) is 11.6 Å². The van der Waals surface area contributed by atoms with Crippen LogP contribution in [0.15, 0.2) is 40.3 Å². The highest BCUT2D eigenvalue weighted by molar-refractivity contribution is 6.35. The summed E-state index contributed by atoms with van der Waals surface area (Å²) in [6.07, 6.45) is 1.16. The molecule has 9 heteroatoms. The molecule has 2 heterocycles. The van der Waals surface area contributed by atoms with Gasteiger partial charge in [0.2, 0.25) is 0 Å². The number of nitrogens with two attached hydrogens (primary N) is 1. The van der Waals surface area contributed by atoms with Crippen molar-refractivity contribution in [3.05, 3.63) is 41.6 Å². The van der Waals surface area contributed by atoms with E-state index in [0.717, 1.165) is 0 Å². The summed E-state index contributed by atoms with van der Waals surface area (Å²) in [7, 11) is 0. The molecule has 3 N–H and O–H groups in total. The van der Waals surface area contributed by atoms with Crippen molar-refractivity contribution in [2.45, 2.75) is 0 Å². The Morgan fingerprint density at radius 2 is 2.09 bits per heavy atom. The fraction of sp³-hybridized carbons (Fsp3) is 0. The molecule has 3 aromatic rings. The molecule has 0 aliphatic rings. The van der Waals surface area contributed by atoms with Gasteiger partial charge in [0.05, 0.1) is 10.7 Å². The lowest BCUT2D eigenvalue weighted by Gasteiger charge is -2.04. The van der Waals surface area contributed by atoms with Gasteiger partial charge in [-0.3, -0.25) is 0 Å². The Kier molecular flexibility index (Phi) is 3.43. The maximum atomic E-state index is 10.6. The summed E-state index contributed by atoms with van der Waals surface area (Å²) in [5, 5.41) is 9.00. The number of halogens is 1. The van der Waals surface area contributed by atoms with Gasteiger partial charge in [-0.2, -0.15) is 4.99 Å². The normalized spacial score (nSPS) is 11.8. The zero-order valence-electron chi connectivity index (χ0n) is 10.9. The number of aromatic nitrogens is 3. The van der Waals surface area contributed by atoms with Crippen molar-refractivity contribution in [1.29, 1.82) is 0 Å². The van der Waals surface area contributed by atoms with Crippen molar-refractivity contribution in [1.82, 2.24) is 15.0 Å². The number of hydrogen-bond acceptors (Lipinski definition) is 5. The van der Waals surface area contributed by atoms with Crippen molar-refractivity contribution < 1.29 is 14.3 Å². The summed E-state index contributed by atoms with van der Waals surface area (Å²) in [6, 6.07) is 4.91. The van der Waals surface area contributed by atoms with Gasteiger partial charge in [-0.15, -0.1) is 0 Å². The van der Waals surface area contributed by atoms with Crippen molar-refractivity contribution >= 4 is 34.6 Å². The van der Waals surface area contributed by atoms with Gasteiger partial charge in [0.25, 0.3) is 0 Å². The lowest BCUT2D eigenvalue weighted by atomic mass is 10.1. The molecule has 0 spiro atoms. The average Bonchev–Trinajstić information content (AvgIpc) is 2.95. The number of oxazole rings is 1. The summed E-state index contributed by atoms with van der Waals surface area (Å²) in [5.74, 6) is -0.218. The van der Waals surface area contributed by atoms with Gasteiger partial charge in [0, 0.05) is 5.56 Å². The van der Waals surface area contributed by atoms with Crippen molar-refractivity contribution in [2.24, 2.45) is 10.7 Å². The summed E-state index contributed by atoms with van der Waals surface area (Å²) in [5.41, 5.74) is 7.99. The van der Waals surface area contributed by atoms with E-state index in [1.165, 1.54) is 18.8 Å². The SMILES string of the molecule is NC(=NC(=O)O)c1cc(-c2cc(Cl)c3ocnc3c2)ncn1. The van der Waals surface area contributed by atoms with Crippen LogP contribution in [-0.2, 0) is 0 Å². The number of nitrogens with zero attached hydrogens (tertiary/aromatic N) is 4. The number of amides is 1. The summed E-state index contributed by atoms with van der Waals surface area (Å²) < 4.78 is 5.17. The quantitative estimate of drug-likeness (QED) is 0.548. The predicted molar refractivity (Wildman–Crippen MR) is 78.8 cm³/mol. The third kappa shape index (κ3) is 2.59. The smallest absolute Gasteiger partial charge is 0.433 e. The van der Waals surface area contributed by atoms with Crippen LogP contribution in [-0.4, -0.2) is 32.0 Å². The molecule has 2 aromatic heterocycles. The highest BCUT2D eigenvalue weighted by Gasteiger charge is 2.11. The Morgan fingerprint density at radius 1 is 1.27 bits per heavy atom. The molecular weight excluding hydrogens is 310 g/mol. The average molecular weight is 318 g/mol. The Balaban J connectivity index is 2.09. The Morgan fingerprint density at radius 3 is 2.86 bits per heavy atom. The van der Waals surface area contributed by atoms with Crippen LogP contribution in [0.25, 0.3) is 22.4 Å². The molecule has 0 aliphatic heterocycles. The van der Waals surface area contributed by atoms with Crippen LogP contribution in [0, 0.1) is 0 Å². The number of aliphatic imine (C=N–C) groups is 1. The van der Waals surface area contributed by atoms with Gasteiger partial charge in [0.15, 0.2) is 17.8 Å². The van der Waals surface area contributed by atoms with Crippen LogP contribution in [0.1, 0.15) is 5.69 Å². The van der Waals surface area contributed by atoms with E-state index in [4.69, 9.17) is 26.9 Å². The molecule has 22 heavy (non-hydrogen) atoms. The number of hydrogen-bond donors (Lipinski definition) is 2. The van der Waals surface area contributed by atoms with Gasteiger partial charge in [-0.05, 0) is 18.2 Å². The van der Waals surface area contributed by atoms with Crippen LogP contribution in [0.3, 0.4) is 0 Å². The van der Waals surface area contributed by atoms with Gasteiger partial charge < -0.3 is 15.3 Å². The Labute approximate surface area is 128 Å². The number of carboxylic acid groups (broad SMARTS) is 1. The molecule has 0 aliphatic carbocycles. The lowest BCUT2D eigenvalue weighted by Crippen LogP contribution is -2.17.